The topological polar surface area (TPSA) is 31.4 Å². The predicted molar refractivity (Wildman–Crippen MR) is 83.7 cm³/mol. The molecule has 20 heavy (non-hydrogen) atoms. The predicted octanol–water partition coefficient (Wildman–Crippen LogP) is 4.35. The Labute approximate surface area is 132 Å². The number of ether oxygens (including phenoxy) is 2. The molecule has 0 saturated carbocycles. The monoisotopic (exact) mass is 355 g/mol. The lowest BCUT2D eigenvalue weighted by atomic mass is 10.3. The van der Waals surface area contributed by atoms with E-state index in [9.17, 15) is 0 Å². The minimum atomic E-state index is 0.338. The third-order valence-electron chi connectivity index (χ3n) is 2.62. The maximum Gasteiger partial charge on any atom is 0.142 e. The molecule has 0 aliphatic carbocycles. The van der Waals surface area contributed by atoms with E-state index in [0.29, 0.717) is 24.8 Å². The van der Waals surface area contributed by atoms with Crippen molar-refractivity contribution in [1.82, 2.24) is 4.98 Å². The molecule has 0 spiro atoms. The van der Waals surface area contributed by atoms with Crippen molar-refractivity contribution in [2.24, 2.45) is 0 Å². The Morgan fingerprint density at radius 3 is 2.45 bits per heavy atom. The lowest BCUT2D eigenvalue weighted by molar-refractivity contribution is 0.215. The molecule has 3 nitrogen and oxygen atoms in total. The lowest BCUT2D eigenvalue weighted by Gasteiger charge is -2.11. The molecule has 0 bridgehead atoms. The van der Waals surface area contributed by atoms with Gasteiger partial charge in [0.15, 0.2) is 0 Å². The highest BCUT2D eigenvalue weighted by atomic mass is 79.9. The Kier molecular flexibility index (Phi) is 5.68. The zero-order valence-electron chi connectivity index (χ0n) is 11.1. The fourth-order valence-electron chi connectivity index (χ4n) is 1.67. The average Bonchev–Trinajstić information content (AvgIpc) is 2.46. The second-order valence-electron chi connectivity index (χ2n) is 4.18. The molecule has 0 aliphatic heterocycles. The van der Waals surface area contributed by atoms with E-state index in [1.54, 1.807) is 0 Å². The van der Waals surface area contributed by atoms with Gasteiger partial charge in [0.2, 0.25) is 0 Å². The molecule has 106 valence electrons. The molecule has 0 aliphatic rings. The van der Waals surface area contributed by atoms with Gasteiger partial charge in [0.1, 0.15) is 24.7 Å². The van der Waals surface area contributed by atoms with Gasteiger partial charge >= 0.3 is 0 Å². The van der Waals surface area contributed by atoms with Crippen LogP contribution in [0.25, 0.3) is 0 Å². The zero-order valence-corrected chi connectivity index (χ0v) is 13.4. The van der Waals surface area contributed by atoms with Crippen molar-refractivity contribution in [2.75, 3.05) is 13.2 Å². The first kappa shape index (κ1) is 15.1. The van der Waals surface area contributed by atoms with Gasteiger partial charge in [-0.25, -0.2) is 0 Å². The Morgan fingerprint density at radius 2 is 1.75 bits per heavy atom. The van der Waals surface area contributed by atoms with Crippen molar-refractivity contribution in [3.63, 3.8) is 0 Å². The number of hydrogen-bond donors (Lipinski definition) is 0. The van der Waals surface area contributed by atoms with Crippen LogP contribution in [0, 0.1) is 6.92 Å². The van der Waals surface area contributed by atoms with E-state index in [1.807, 2.05) is 43.3 Å². The summed E-state index contributed by atoms with van der Waals surface area (Å²) in [5.41, 5.74) is 1.69. The zero-order chi connectivity index (χ0) is 14.4. The molecule has 0 amide bonds. The van der Waals surface area contributed by atoms with Crippen LogP contribution in [0.5, 0.6) is 11.5 Å². The summed E-state index contributed by atoms with van der Waals surface area (Å²) < 4.78 is 12.3. The van der Waals surface area contributed by atoms with Crippen LogP contribution in [0.15, 0.2) is 40.9 Å². The molecule has 5 heteroatoms. The second kappa shape index (κ2) is 7.50. The molecule has 0 atom stereocenters. The summed E-state index contributed by atoms with van der Waals surface area (Å²) in [5.74, 6) is 1.87. The Morgan fingerprint density at radius 1 is 1.05 bits per heavy atom. The van der Waals surface area contributed by atoms with E-state index in [1.165, 1.54) is 0 Å². The van der Waals surface area contributed by atoms with Gasteiger partial charge in [-0.05, 0) is 43.3 Å². The van der Waals surface area contributed by atoms with Crippen molar-refractivity contribution in [2.45, 2.75) is 12.8 Å². The molecule has 2 aromatic rings. The van der Waals surface area contributed by atoms with Crippen LogP contribution in [0.2, 0.25) is 0 Å². The molecular formula is C15H15BrClNO2. The summed E-state index contributed by atoms with van der Waals surface area (Å²) in [7, 11) is 0. The summed E-state index contributed by atoms with van der Waals surface area (Å²) in [6.07, 6.45) is 0. The van der Waals surface area contributed by atoms with E-state index in [2.05, 4.69) is 20.9 Å². The summed E-state index contributed by atoms with van der Waals surface area (Å²) in [5, 5.41) is 0. The fourth-order valence-corrected chi connectivity index (χ4v) is 2.12. The third-order valence-corrected chi connectivity index (χ3v) is 3.40. The number of nitrogens with zero attached hydrogens (tertiary/aromatic N) is 1. The number of rotatable bonds is 6. The minimum absolute atomic E-state index is 0.338. The summed E-state index contributed by atoms with van der Waals surface area (Å²) in [4.78, 5) is 4.34. The highest BCUT2D eigenvalue weighted by Crippen LogP contribution is 2.19. The number of hydrogen-bond acceptors (Lipinski definition) is 3. The Hall–Kier alpha value is -1.26. The van der Waals surface area contributed by atoms with Crippen molar-refractivity contribution in [3.05, 3.63) is 52.3 Å². The summed E-state index contributed by atoms with van der Waals surface area (Å²) in [6.45, 7) is 2.85. The first-order valence-corrected chi connectivity index (χ1v) is 7.55. The van der Waals surface area contributed by atoms with Gasteiger partial charge in [-0.15, -0.1) is 11.6 Å². The SMILES string of the molecule is Cc1ccc(OCCOc2ccc(Br)cc2)c(CCl)n1. The van der Waals surface area contributed by atoms with E-state index >= 15 is 0 Å². The van der Waals surface area contributed by atoms with Crippen LogP contribution in [-0.2, 0) is 5.88 Å². The number of aryl methyl sites for hydroxylation is 1. The first-order chi connectivity index (χ1) is 9.69. The van der Waals surface area contributed by atoms with Gasteiger partial charge in [0.25, 0.3) is 0 Å². The highest BCUT2D eigenvalue weighted by molar-refractivity contribution is 9.10. The highest BCUT2D eigenvalue weighted by Gasteiger charge is 2.04. The number of pyridine rings is 1. The third kappa shape index (κ3) is 4.39. The van der Waals surface area contributed by atoms with Gasteiger partial charge in [-0.3, -0.25) is 4.98 Å². The van der Waals surface area contributed by atoms with Crippen molar-refractivity contribution < 1.29 is 9.47 Å². The van der Waals surface area contributed by atoms with Gasteiger partial charge in [0.05, 0.1) is 11.6 Å². The molecule has 1 aromatic carbocycles. The van der Waals surface area contributed by atoms with E-state index in [0.717, 1.165) is 21.6 Å². The maximum absolute atomic E-state index is 5.85. The largest absolute Gasteiger partial charge is 0.490 e. The smallest absolute Gasteiger partial charge is 0.142 e. The van der Waals surface area contributed by atoms with Crippen LogP contribution in [0.4, 0.5) is 0 Å². The molecule has 2 rings (SSSR count). The van der Waals surface area contributed by atoms with Crippen LogP contribution >= 0.6 is 27.5 Å². The van der Waals surface area contributed by atoms with Gasteiger partial charge in [0, 0.05) is 10.2 Å². The van der Waals surface area contributed by atoms with Gasteiger partial charge in [-0.1, -0.05) is 15.9 Å². The molecule has 0 fully saturated rings. The number of aromatic nitrogens is 1. The molecule has 0 N–H and O–H groups in total. The molecule has 0 saturated heterocycles. The van der Waals surface area contributed by atoms with E-state index in [-0.39, 0.29) is 0 Å². The maximum atomic E-state index is 5.85. The molecular weight excluding hydrogens is 342 g/mol. The molecule has 0 radical (unpaired) electrons. The molecule has 1 heterocycles. The van der Waals surface area contributed by atoms with E-state index in [4.69, 9.17) is 21.1 Å². The van der Waals surface area contributed by atoms with Crippen molar-refractivity contribution >= 4 is 27.5 Å². The summed E-state index contributed by atoms with van der Waals surface area (Å²) >= 11 is 9.23. The van der Waals surface area contributed by atoms with E-state index < -0.39 is 0 Å². The second-order valence-corrected chi connectivity index (χ2v) is 5.36. The lowest BCUT2D eigenvalue weighted by Crippen LogP contribution is -2.10. The van der Waals surface area contributed by atoms with Crippen LogP contribution in [0.1, 0.15) is 11.4 Å². The Balaban J connectivity index is 1.82. The van der Waals surface area contributed by atoms with Crippen LogP contribution in [-0.4, -0.2) is 18.2 Å². The quantitative estimate of drug-likeness (QED) is 0.569. The van der Waals surface area contributed by atoms with Crippen LogP contribution in [0.3, 0.4) is 0 Å². The summed E-state index contributed by atoms with van der Waals surface area (Å²) in [6, 6.07) is 11.5. The number of alkyl halides is 1. The van der Waals surface area contributed by atoms with Gasteiger partial charge < -0.3 is 9.47 Å². The van der Waals surface area contributed by atoms with Gasteiger partial charge in [-0.2, -0.15) is 0 Å². The van der Waals surface area contributed by atoms with Crippen LogP contribution < -0.4 is 9.47 Å². The van der Waals surface area contributed by atoms with Crippen molar-refractivity contribution in [1.29, 1.82) is 0 Å². The normalized spacial score (nSPS) is 10.3. The first-order valence-electron chi connectivity index (χ1n) is 6.22. The molecule has 1 aromatic heterocycles. The fraction of sp³-hybridized carbons (Fsp3) is 0.267. The number of benzene rings is 1. The Bertz CT molecular complexity index is 560. The minimum Gasteiger partial charge on any atom is -0.490 e. The molecule has 0 unspecified atom stereocenters. The van der Waals surface area contributed by atoms with Crippen molar-refractivity contribution in [3.8, 4) is 11.5 Å². The average molecular weight is 357 g/mol. The number of halogens is 2. The standard InChI is InChI=1S/C15H15BrClNO2/c1-11-2-7-15(14(10-17)18-11)20-9-8-19-13-5-3-12(16)4-6-13/h2-7H,8-10H2,1H3.